The highest BCUT2D eigenvalue weighted by Gasteiger charge is 2.29. The normalized spacial score (nSPS) is 12.1. The molecule has 0 aliphatic carbocycles. The first-order valence-electron chi connectivity index (χ1n) is 11.0. The van der Waals surface area contributed by atoms with E-state index in [-0.39, 0.29) is 25.3 Å². The highest BCUT2D eigenvalue weighted by molar-refractivity contribution is 6.38. The fraction of sp³-hybridized carbons (Fsp3) is 0.522. The number of carbonyl (C=O) groups excluding carboxylic acids is 5. The zero-order valence-corrected chi connectivity index (χ0v) is 20.9. The second-order valence-electron chi connectivity index (χ2n) is 8.01. The van der Waals surface area contributed by atoms with Gasteiger partial charge in [0.05, 0.1) is 27.4 Å². The Morgan fingerprint density at radius 2 is 1.49 bits per heavy atom. The third kappa shape index (κ3) is 9.90. The molecular weight excluding hydrogens is 460 g/mol. The van der Waals surface area contributed by atoms with Gasteiger partial charge in [-0.3, -0.25) is 14.4 Å². The Kier molecular flexibility index (Phi) is 12.0. The summed E-state index contributed by atoms with van der Waals surface area (Å²) in [6, 6.07) is 1.97. The van der Waals surface area contributed by atoms with E-state index in [4.69, 9.17) is 9.47 Å². The lowest BCUT2D eigenvalue weighted by atomic mass is 10.0. The molecule has 0 spiro atoms. The van der Waals surface area contributed by atoms with Gasteiger partial charge in [0.15, 0.2) is 0 Å². The van der Waals surface area contributed by atoms with Crippen molar-refractivity contribution in [3.05, 3.63) is 23.8 Å². The van der Waals surface area contributed by atoms with Crippen molar-refractivity contribution in [2.24, 2.45) is 5.92 Å². The van der Waals surface area contributed by atoms with Crippen molar-refractivity contribution >= 4 is 29.7 Å². The molecule has 2 atom stereocenters. The van der Waals surface area contributed by atoms with Gasteiger partial charge in [-0.15, -0.1) is 0 Å². The summed E-state index contributed by atoms with van der Waals surface area (Å²) in [7, 11) is 4.08. The van der Waals surface area contributed by atoms with Crippen molar-refractivity contribution < 1.29 is 38.2 Å². The van der Waals surface area contributed by atoms with Gasteiger partial charge >= 0.3 is 12.1 Å². The first-order valence-corrected chi connectivity index (χ1v) is 11.0. The Bertz CT molecular complexity index is 897. The molecule has 0 saturated carbocycles. The van der Waals surface area contributed by atoms with E-state index in [9.17, 15) is 24.0 Å². The standard InChI is InChI=1S/C23H34N4O8/c1-7-17(25-20(29)18(8-13(2)3)26-22(31)27-23(32)35-6)19(28)21(30)24-12-14-9-15(33-4)11-16(10-14)34-5/h9-11,13,17-18H,7-8,12H2,1-6H3,(H,24,30)(H,25,29)(H2,26,27,31,32). The number of carbonyl (C=O) groups is 5. The fourth-order valence-electron chi connectivity index (χ4n) is 3.06. The van der Waals surface area contributed by atoms with Crippen LogP contribution in [-0.4, -0.2) is 63.1 Å². The molecule has 0 fully saturated rings. The summed E-state index contributed by atoms with van der Waals surface area (Å²) in [5.74, 6) is -1.32. The molecule has 5 amide bonds. The van der Waals surface area contributed by atoms with Gasteiger partial charge in [0.2, 0.25) is 11.7 Å². The first kappa shape index (κ1) is 29.2. The Labute approximate surface area is 204 Å². The molecule has 4 N–H and O–H groups in total. The molecular formula is C23H34N4O8. The average molecular weight is 495 g/mol. The van der Waals surface area contributed by atoms with Gasteiger partial charge in [-0.2, -0.15) is 0 Å². The summed E-state index contributed by atoms with van der Waals surface area (Å²) in [6.07, 6.45) is -0.610. The lowest BCUT2D eigenvalue weighted by Crippen LogP contribution is -2.55. The molecule has 1 aromatic rings. The molecule has 0 bridgehead atoms. The van der Waals surface area contributed by atoms with Crippen molar-refractivity contribution in [2.45, 2.75) is 52.2 Å². The van der Waals surface area contributed by atoms with E-state index in [0.29, 0.717) is 17.1 Å². The van der Waals surface area contributed by atoms with Crippen LogP contribution in [0.2, 0.25) is 0 Å². The Morgan fingerprint density at radius 3 is 1.97 bits per heavy atom. The first-order chi connectivity index (χ1) is 16.5. The molecule has 0 aliphatic rings. The molecule has 1 aromatic carbocycles. The number of alkyl carbamates (subject to hydrolysis) is 1. The van der Waals surface area contributed by atoms with Crippen LogP contribution in [0.25, 0.3) is 0 Å². The van der Waals surface area contributed by atoms with Crippen LogP contribution in [0.5, 0.6) is 11.5 Å². The minimum absolute atomic E-state index is 0.00288. The van der Waals surface area contributed by atoms with Crippen LogP contribution in [-0.2, 0) is 25.7 Å². The van der Waals surface area contributed by atoms with E-state index in [1.807, 2.05) is 19.2 Å². The predicted octanol–water partition coefficient (Wildman–Crippen LogP) is 1.26. The van der Waals surface area contributed by atoms with E-state index < -0.39 is 41.8 Å². The number of methoxy groups -OCH3 is 3. The number of nitrogens with one attached hydrogen (secondary N) is 4. The van der Waals surface area contributed by atoms with Crippen molar-refractivity contribution in [3.63, 3.8) is 0 Å². The molecule has 2 unspecified atom stereocenters. The maximum atomic E-state index is 12.8. The van der Waals surface area contributed by atoms with Crippen LogP contribution in [0.15, 0.2) is 18.2 Å². The largest absolute Gasteiger partial charge is 0.497 e. The van der Waals surface area contributed by atoms with Crippen LogP contribution in [0.1, 0.15) is 39.2 Å². The number of hydrogen-bond acceptors (Lipinski definition) is 8. The third-order valence-electron chi connectivity index (χ3n) is 4.86. The lowest BCUT2D eigenvalue weighted by molar-refractivity contribution is -0.140. The fourth-order valence-corrected chi connectivity index (χ4v) is 3.06. The van der Waals surface area contributed by atoms with Crippen LogP contribution in [0.3, 0.4) is 0 Å². The number of ketones is 1. The molecule has 0 aliphatic heterocycles. The molecule has 194 valence electrons. The van der Waals surface area contributed by atoms with Crippen molar-refractivity contribution in [1.82, 2.24) is 21.3 Å². The van der Waals surface area contributed by atoms with Crippen molar-refractivity contribution in [2.75, 3.05) is 21.3 Å². The summed E-state index contributed by atoms with van der Waals surface area (Å²) >= 11 is 0. The molecule has 12 heteroatoms. The maximum Gasteiger partial charge on any atom is 0.415 e. The van der Waals surface area contributed by atoms with Crippen LogP contribution in [0, 0.1) is 5.92 Å². The van der Waals surface area contributed by atoms with Gasteiger partial charge in [0.1, 0.15) is 17.5 Å². The molecule has 0 saturated heterocycles. The zero-order valence-electron chi connectivity index (χ0n) is 20.9. The monoisotopic (exact) mass is 494 g/mol. The Hall–Kier alpha value is -3.83. The zero-order chi connectivity index (χ0) is 26.5. The summed E-state index contributed by atoms with van der Waals surface area (Å²) in [6.45, 7) is 5.35. The molecule has 0 aromatic heterocycles. The van der Waals surface area contributed by atoms with Gasteiger partial charge in [0, 0.05) is 12.6 Å². The SMILES string of the molecule is CCC(NC(=O)C(CC(C)C)NC(=O)NC(=O)OC)C(=O)C(=O)NCc1cc(OC)cc(OC)c1. The number of urea groups is 1. The maximum absolute atomic E-state index is 12.8. The quantitative estimate of drug-likeness (QED) is 0.316. The number of hydrogen-bond donors (Lipinski definition) is 4. The lowest BCUT2D eigenvalue weighted by Gasteiger charge is -2.23. The summed E-state index contributed by atoms with van der Waals surface area (Å²) < 4.78 is 14.7. The topological polar surface area (TPSA) is 161 Å². The number of rotatable bonds is 12. The van der Waals surface area contributed by atoms with Gasteiger partial charge in [-0.25, -0.2) is 14.9 Å². The minimum Gasteiger partial charge on any atom is -0.497 e. The predicted molar refractivity (Wildman–Crippen MR) is 126 cm³/mol. The molecule has 35 heavy (non-hydrogen) atoms. The third-order valence-corrected chi connectivity index (χ3v) is 4.86. The van der Waals surface area contributed by atoms with E-state index in [2.05, 4.69) is 20.7 Å². The highest BCUT2D eigenvalue weighted by Crippen LogP contribution is 2.22. The highest BCUT2D eigenvalue weighted by atomic mass is 16.5. The van der Waals surface area contributed by atoms with Crippen LogP contribution >= 0.6 is 0 Å². The summed E-state index contributed by atoms with van der Waals surface area (Å²) in [4.78, 5) is 61.2. The van der Waals surface area contributed by atoms with E-state index in [0.717, 1.165) is 7.11 Å². The van der Waals surface area contributed by atoms with Crippen LogP contribution in [0.4, 0.5) is 9.59 Å². The van der Waals surface area contributed by atoms with Gasteiger partial charge in [-0.1, -0.05) is 20.8 Å². The average Bonchev–Trinajstić information content (AvgIpc) is 2.83. The van der Waals surface area contributed by atoms with E-state index in [1.165, 1.54) is 14.2 Å². The number of Topliss-reactive ketones (excluding diaryl/α,β-unsaturated/α-hetero) is 1. The van der Waals surface area contributed by atoms with Gasteiger partial charge < -0.3 is 30.2 Å². The second-order valence-corrected chi connectivity index (χ2v) is 8.01. The Morgan fingerprint density at radius 1 is 0.886 bits per heavy atom. The number of imide groups is 1. The molecule has 1 rings (SSSR count). The molecule has 12 nitrogen and oxygen atoms in total. The molecule has 0 heterocycles. The number of ether oxygens (including phenoxy) is 3. The summed E-state index contributed by atoms with van der Waals surface area (Å²) in [5, 5.41) is 9.33. The number of benzene rings is 1. The van der Waals surface area contributed by atoms with E-state index >= 15 is 0 Å². The van der Waals surface area contributed by atoms with E-state index in [1.54, 1.807) is 25.1 Å². The van der Waals surface area contributed by atoms with Crippen LogP contribution < -0.4 is 30.7 Å². The smallest absolute Gasteiger partial charge is 0.415 e. The summed E-state index contributed by atoms with van der Waals surface area (Å²) in [5.41, 5.74) is 0.650. The minimum atomic E-state index is -1.11. The second kappa shape index (κ2) is 14.4. The van der Waals surface area contributed by atoms with Gasteiger partial charge in [-0.05, 0) is 36.5 Å². The molecule has 0 radical (unpaired) electrons. The van der Waals surface area contributed by atoms with Crippen molar-refractivity contribution in [1.29, 1.82) is 0 Å². The van der Waals surface area contributed by atoms with Crippen molar-refractivity contribution in [3.8, 4) is 11.5 Å². The van der Waals surface area contributed by atoms with Gasteiger partial charge in [0.25, 0.3) is 5.91 Å². The Balaban J connectivity index is 2.82. The number of amides is 5.